The molecule has 2 bridgehead atoms. The summed E-state index contributed by atoms with van der Waals surface area (Å²) in [5, 5.41) is 10.9. The van der Waals surface area contributed by atoms with Crippen molar-refractivity contribution in [1.82, 2.24) is 0 Å². The summed E-state index contributed by atoms with van der Waals surface area (Å²) >= 11 is 0. The van der Waals surface area contributed by atoms with Gasteiger partial charge in [-0.3, -0.25) is 4.79 Å². The standard InChI is InChI=1S/C20H32O4/c1-13-6-5-10-19(3,22)17-12-15(14(2)18(21)23-17)9-11-20(4)16(24-20)8-7-13/h6,14-17,22H,5,7-12H2,1-4H3/b13-6+/t14?,15?,16-,17+,19-,20-/m0/s1. The maximum absolute atomic E-state index is 12.3. The van der Waals surface area contributed by atoms with Crippen LogP contribution in [0.2, 0.25) is 0 Å². The molecule has 6 atom stereocenters. The molecule has 4 nitrogen and oxygen atoms in total. The predicted octanol–water partition coefficient (Wildman–Crippen LogP) is 3.76. The summed E-state index contributed by atoms with van der Waals surface area (Å²) in [6.07, 6.45) is 8.44. The molecule has 0 radical (unpaired) electrons. The number of epoxide rings is 1. The first-order chi connectivity index (χ1) is 11.2. The van der Waals surface area contributed by atoms with Gasteiger partial charge in [0.2, 0.25) is 0 Å². The van der Waals surface area contributed by atoms with Gasteiger partial charge in [-0.05, 0) is 71.6 Å². The Hall–Kier alpha value is -0.870. The van der Waals surface area contributed by atoms with Crippen LogP contribution in [0.15, 0.2) is 11.6 Å². The van der Waals surface area contributed by atoms with Gasteiger partial charge in [0.15, 0.2) is 0 Å². The van der Waals surface area contributed by atoms with Crippen molar-refractivity contribution < 1.29 is 19.4 Å². The summed E-state index contributed by atoms with van der Waals surface area (Å²) in [5.41, 5.74) is 0.369. The Morgan fingerprint density at radius 3 is 2.71 bits per heavy atom. The van der Waals surface area contributed by atoms with E-state index in [9.17, 15) is 9.90 Å². The number of aliphatic hydroxyl groups is 1. The lowest BCUT2D eigenvalue weighted by Crippen LogP contribution is -2.49. The Morgan fingerprint density at radius 2 is 1.96 bits per heavy atom. The van der Waals surface area contributed by atoms with Gasteiger partial charge in [0.1, 0.15) is 6.10 Å². The van der Waals surface area contributed by atoms with E-state index in [0.717, 1.165) is 38.5 Å². The molecular formula is C20H32O4. The van der Waals surface area contributed by atoms with Crippen molar-refractivity contribution in [2.75, 3.05) is 0 Å². The van der Waals surface area contributed by atoms with Crippen molar-refractivity contribution in [3.63, 3.8) is 0 Å². The highest BCUT2D eigenvalue weighted by Crippen LogP contribution is 2.46. The Balaban J connectivity index is 1.78. The number of fused-ring (bicyclic) bond motifs is 3. The van der Waals surface area contributed by atoms with Crippen LogP contribution >= 0.6 is 0 Å². The van der Waals surface area contributed by atoms with Crippen LogP contribution in [0.25, 0.3) is 0 Å². The van der Waals surface area contributed by atoms with Gasteiger partial charge in [-0.15, -0.1) is 0 Å². The summed E-state index contributed by atoms with van der Waals surface area (Å²) in [5.74, 6) is 0.0197. The monoisotopic (exact) mass is 336 g/mol. The molecule has 0 amide bonds. The number of carbonyl (C=O) groups is 1. The molecule has 0 aromatic heterocycles. The first-order valence-corrected chi connectivity index (χ1v) is 9.47. The Kier molecular flexibility index (Phi) is 4.82. The number of carbonyl (C=O) groups excluding carboxylic acids is 1. The topological polar surface area (TPSA) is 59.1 Å². The zero-order valence-corrected chi connectivity index (χ0v) is 15.5. The molecule has 2 saturated heterocycles. The molecule has 2 aliphatic heterocycles. The molecule has 0 aromatic carbocycles. The van der Waals surface area contributed by atoms with E-state index in [-0.39, 0.29) is 23.4 Å². The van der Waals surface area contributed by atoms with E-state index in [1.54, 1.807) is 0 Å². The van der Waals surface area contributed by atoms with Crippen molar-refractivity contribution >= 4 is 5.97 Å². The van der Waals surface area contributed by atoms with Gasteiger partial charge in [-0.1, -0.05) is 18.6 Å². The van der Waals surface area contributed by atoms with Crippen LogP contribution in [-0.2, 0) is 14.3 Å². The number of rotatable bonds is 0. The maximum atomic E-state index is 12.3. The Labute approximate surface area is 145 Å². The number of hydrogen-bond acceptors (Lipinski definition) is 4. The van der Waals surface area contributed by atoms with Crippen LogP contribution in [0.1, 0.15) is 72.6 Å². The van der Waals surface area contributed by atoms with E-state index in [0.29, 0.717) is 12.5 Å². The Bertz CT molecular complexity index is 524. The van der Waals surface area contributed by atoms with Crippen LogP contribution in [0.3, 0.4) is 0 Å². The minimum Gasteiger partial charge on any atom is -0.459 e. The number of ether oxygens (including phenoxy) is 2. The van der Waals surface area contributed by atoms with E-state index < -0.39 is 11.7 Å². The highest BCUT2D eigenvalue weighted by atomic mass is 16.6. The number of esters is 1. The van der Waals surface area contributed by atoms with Crippen LogP contribution < -0.4 is 0 Å². The minimum absolute atomic E-state index is 0.0243. The van der Waals surface area contributed by atoms with Gasteiger partial charge in [0, 0.05) is 0 Å². The lowest BCUT2D eigenvalue weighted by Gasteiger charge is -2.40. The smallest absolute Gasteiger partial charge is 0.309 e. The van der Waals surface area contributed by atoms with Gasteiger partial charge in [0.25, 0.3) is 0 Å². The quantitative estimate of drug-likeness (QED) is 0.416. The third-order valence-electron chi connectivity index (χ3n) is 6.54. The molecule has 0 aromatic rings. The van der Waals surface area contributed by atoms with Gasteiger partial charge in [0.05, 0.1) is 23.2 Å². The third-order valence-corrected chi connectivity index (χ3v) is 6.54. The lowest BCUT2D eigenvalue weighted by molar-refractivity contribution is -0.184. The zero-order chi connectivity index (χ0) is 17.5. The van der Waals surface area contributed by atoms with E-state index in [2.05, 4.69) is 19.9 Å². The van der Waals surface area contributed by atoms with E-state index >= 15 is 0 Å². The van der Waals surface area contributed by atoms with E-state index in [1.807, 2.05) is 13.8 Å². The molecule has 3 rings (SSSR count). The summed E-state index contributed by atoms with van der Waals surface area (Å²) in [6, 6.07) is 0. The fourth-order valence-corrected chi connectivity index (χ4v) is 4.30. The molecule has 2 fully saturated rings. The van der Waals surface area contributed by atoms with Crippen molar-refractivity contribution in [3.05, 3.63) is 11.6 Å². The fourth-order valence-electron chi connectivity index (χ4n) is 4.30. The minimum atomic E-state index is -0.961. The first-order valence-electron chi connectivity index (χ1n) is 9.47. The summed E-state index contributed by atoms with van der Waals surface area (Å²) in [6.45, 7) is 8.12. The second-order valence-corrected chi connectivity index (χ2v) is 8.65. The third kappa shape index (κ3) is 3.70. The van der Waals surface area contributed by atoms with Crippen molar-refractivity contribution in [3.8, 4) is 0 Å². The summed E-state index contributed by atoms with van der Waals surface area (Å²) in [4.78, 5) is 12.3. The molecule has 2 heterocycles. The maximum Gasteiger partial charge on any atom is 0.309 e. The molecular weight excluding hydrogens is 304 g/mol. The number of hydrogen-bond donors (Lipinski definition) is 1. The second-order valence-electron chi connectivity index (χ2n) is 8.65. The van der Waals surface area contributed by atoms with Gasteiger partial charge < -0.3 is 14.6 Å². The van der Waals surface area contributed by atoms with Crippen molar-refractivity contribution in [2.45, 2.75) is 96.1 Å². The molecule has 136 valence electrons. The molecule has 4 heteroatoms. The van der Waals surface area contributed by atoms with Crippen LogP contribution in [0, 0.1) is 11.8 Å². The molecule has 0 spiro atoms. The first kappa shape index (κ1) is 17.9. The van der Waals surface area contributed by atoms with Crippen LogP contribution in [0.4, 0.5) is 0 Å². The van der Waals surface area contributed by atoms with Crippen molar-refractivity contribution in [2.24, 2.45) is 11.8 Å². The lowest BCUT2D eigenvalue weighted by atomic mass is 9.76. The van der Waals surface area contributed by atoms with Gasteiger partial charge >= 0.3 is 5.97 Å². The van der Waals surface area contributed by atoms with Gasteiger partial charge in [-0.2, -0.15) is 0 Å². The Morgan fingerprint density at radius 1 is 1.21 bits per heavy atom. The van der Waals surface area contributed by atoms with Gasteiger partial charge in [-0.25, -0.2) is 0 Å². The summed E-state index contributed by atoms with van der Waals surface area (Å²) < 4.78 is 11.6. The fraction of sp³-hybridized carbons (Fsp3) is 0.850. The second kappa shape index (κ2) is 6.45. The number of allylic oxidation sites excluding steroid dienone is 2. The largest absolute Gasteiger partial charge is 0.459 e. The molecule has 1 aliphatic carbocycles. The average molecular weight is 336 g/mol. The zero-order valence-electron chi connectivity index (χ0n) is 15.5. The predicted molar refractivity (Wildman–Crippen MR) is 92.5 cm³/mol. The molecule has 24 heavy (non-hydrogen) atoms. The highest BCUT2D eigenvalue weighted by Gasteiger charge is 2.52. The van der Waals surface area contributed by atoms with Crippen LogP contribution in [0.5, 0.6) is 0 Å². The molecule has 2 unspecified atom stereocenters. The molecule has 0 saturated carbocycles. The van der Waals surface area contributed by atoms with E-state index in [4.69, 9.17) is 9.47 Å². The van der Waals surface area contributed by atoms with E-state index in [1.165, 1.54) is 5.57 Å². The average Bonchev–Trinajstić information content (AvgIpc) is 3.16. The van der Waals surface area contributed by atoms with Crippen molar-refractivity contribution in [1.29, 1.82) is 0 Å². The molecule has 1 N–H and O–H groups in total. The SMILES string of the molecule is C/C1=C\CC[C@](C)(O)[C@H]2CC(CC[C@]3(C)O[C@H]3CC1)C(C)C(=O)O2. The highest BCUT2D eigenvalue weighted by molar-refractivity contribution is 5.73. The van der Waals surface area contributed by atoms with Crippen LogP contribution in [-0.4, -0.2) is 34.5 Å². The normalized spacial score (nSPS) is 49.2. The summed E-state index contributed by atoms with van der Waals surface area (Å²) in [7, 11) is 0. The molecule has 3 aliphatic rings.